The molecule has 23 heavy (non-hydrogen) atoms. The highest BCUT2D eigenvalue weighted by Crippen LogP contribution is 2.23. The summed E-state index contributed by atoms with van der Waals surface area (Å²) in [5.41, 5.74) is -0.197. The van der Waals surface area contributed by atoms with Crippen LogP contribution in [0, 0.1) is 6.92 Å². The van der Waals surface area contributed by atoms with Gasteiger partial charge >= 0.3 is 0 Å². The highest BCUT2D eigenvalue weighted by Gasteiger charge is 2.38. The molecule has 2 atom stereocenters. The number of β-amino-alcohol motifs (C(OH)–C–C–N with tert-alkyl or cyclic N) is 1. The Hall–Kier alpha value is -2.18. The largest absolute Gasteiger partial charge is 0.451 e. The Kier molecular flexibility index (Phi) is 3.74. The molecule has 2 N–H and O–H groups in total. The van der Waals surface area contributed by atoms with Crippen LogP contribution in [0.4, 0.5) is 0 Å². The lowest BCUT2D eigenvalue weighted by Gasteiger charge is -2.39. The second-order valence-corrected chi connectivity index (χ2v) is 6.35. The van der Waals surface area contributed by atoms with Crippen molar-refractivity contribution in [3.05, 3.63) is 45.8 Å². The zero-order valence-corrected chi connectivity index (χ0v) is 13.1. The van der Waals surface area contributed by atoms with E-state index in [1.165, 1.54) is 11.0 Å². The van der Waals surface area contributed by atoms with Crippen LogP contribution in [0.5, 0.6) is 0 Å². The number of likely N-dealkylation sites (tertiary alicyclic amines) is 1. The summed E-state index contributed by atoms with van der Waals surface area (Å²) in [5, 5.41) is 20.3. The number of nitrogens with zero attached hydrogens (tertiary/aromatic N) is 1. The third-order valence-electron chi connectivity index (χ3n) is 4.38. The van der Waals surface area contributed by atoms with Crippen molar-refractivity contribution < 1.29 is 19.4 Å². The van der Waals surface area contributed by atoms with Crippen LogP contribution in [0.15, 0.2) is 33.5 Å². The van der Waals surface area contributed by atoms with Crippen molar-refractivity contribution >= 4 is 16.9 Å². The molecule has 6 heteroatoms. The standard InChI is InChI=1S/C17H19NO5/c1-10-3-4-11-12(19)8-14(23-13(11)7-10)16(21)18-6-5-17(2,22)15(20)9-18/h3-4,7-8,15,20,22H,5-6,9H2,1-2H3/t15-,17+/m0/s1. The molecule has 1 aromatic carbocycles. The number of rotatable bonds is 1. The molecule has 1 amide bonds. The number of hydrogen-bond acceptors (Lipinski definition) is 5. The average Bonchev–Trinajstić information content (AvgIpc) is 2.48. The summed E-state index contributed by atoms with van der Waals surface area (Å²) in [6.07, 6.45) is -0.772. The molecule has 122 valence electrons. The van der Waals surface area contributed by atoms with Crippen LogP contribution in [0.1, 0.15) is 29.5 Å². The van der Waals surface area contributed by atoms with Gasteiger partial charge in [-0.15, -0.1) is 0 Å². The van der Waals surface area contributed by atoms with E-state index in [1.54, 1.807) is 19.1 Å². The van der Waals surface area contributed by atoms with E-state index in [1.807, 2.05) is 13.0 Å². The van der Waals surface area contributed by atoms with E-state index in [0.29, 0.717) is 17.5 Å². The van der Waals surface area contributed by atoms with E-state index in [2.05, 4.69) is 0 Å². The zero-order chi connectivity index (χ0) is 16.8. The minimum Gasteiger partial charge on any atom is -0.451 e. The fourth-order valence-corrected chi connectivity index (χ4v) is 2.73. The van der Waals surface area contributed by atoms with Gasteiger partial charge in [0.15, 0.2) is 11.2 Å². The summed E-state index contributed by atoms with van der Waals surface area (Å²) < 4.78 is 5.59. The van der Waals surface area contributed by atoms with Gasteiger partial charge in [-0.2, -0.15) is 0 Å². The number of hydrogen-bond donors (Lipinski definition) is 2. The lowest BCUT2D eigenvalue weighted by Crippen LogP contribution is -2.55. The molecule has 1 aromatic heterocycles. The summed E-state index contributed by atoms with van der Waals surface area (Å²) >= 11 is 0. The minimum absolute atomic E-state index is 0.00139. The predicted octanol–water partition coefficient (Wildman–Crippen LogP) is 1.06. The highest BCUT2D eigenvalue weighted by molar-refractivity contribution is 5.93. The molecule has 6 nitrogen and oxygen atoms in total. The Labute approximate surface area is 133 Å². The van der Waals surface area contributed by atoms with E-state index < -0.39 is 17.6 Å². The smallest absolute Gasteiger partial charge is 0.289 e. The third kappa shape index (κ3) is 2.87. The number of carbonyl (C=O) groups excluding carboxylic acids is 1. The molecule has 1 saturated heterocycles. The maximum Gasteiger partial charge on any atom is 0.289 e. The van der Waals surface area contributed by atoms with Crippen molar-refractivity contribution in [1.82, 2.24) is 4.90 Å². The average molecular weight is 317 g/mol. The molecule has 0 spiro atoms. The molecular formula is C17H19NO5. The van der Waals surface area contributed by atoms with E-state index in [0.717, 1.165) is 5.56 Å². The van der Waals surface area contributed by atoms with Crippen LogP contribution in [-0.2, 0) is 0 Å². The van der Waals surface area contributed by atoms with Gasteiger partial charge in [-0.3, -0.25) is 9.59 Å². The number of aryl methyl sites for hydroxylation is 1. The normalized spacial score (nSPS) is 24.9. The molecule has 1 fully saturated rings. The van der Waals surface area contributed by atoms with Gasteiger partial charge in [0.2, 0.25) is 0 Å². The van der Waals surface area contributed by atoms with Crippen molar-refractivity contribution in [3.8, 4) is 0 Å². The molecule has 0 radical (unpaired) electrons. The van der Waals surface area contributed by atoms with Gasteiger partial charge in [0.05, 0.1) is 17.1 Å². The first-order chi connectivity index (χ1) is 10.8. The lowest BCUT2D eigenvalue weighted by molar-refractivity contribution is -0.100. The van der Waals surface area contributed by atoms with Crippen LogP contribution >= 0.6 is 0 Å². The predicted molar refractivity (Wildman–Crippen MR) is 84.4 cm³/mol. The molecule has 2 heterocycles. The van der Waals surface area contributed by atoms with Crippen molar-refractivity contribution in [2.24, 2.45) is 0 Å². The Morgan fingerprint density at radius 2 is 2.13 bits per heavy atom. The van der Waals surface area contributed by atoms with Gasteiger partial charge in [0, 0.05) is 19.2 Å². The Balaban J connectivity index is 1.94. The first-order valence-electron chi connectivity index (χ1n) is 7.52. The summed E-state index contributed by atoms with van der Waals surface area (Å²) in [7, 11) is 0. The van der Waals surface area contributed by atoms with Crippen LogP contribution in [0.3, 0.4) is 0 Å². The molecule has 3 rings (SSSR count). The molecule has 0 aliphatic carbocycles. The zero-order valence-electron chi connectivity index (χ0n) is 13.1. The fourth-order valence-electron chi connectivity index (χ4n) is 2.73. The number of benzene rings is 1. The van der Waals surface area contributed by atoms with Gasteiger partial charge in [0.25, 0.3) is 5.91 Å². The van der Waals surface area contributed by atoms with Gasteiger partial charge in [-0.1, -0.05) is 6.07 Å². The van der Waals surface area contributed by atoms with Crippen molar-refractivity contribution in [2.75, 3.05) is 13.1 Å². The first-order valence-corrected chi connectivity index (χ1v) is 7.52. The Morgan fingerprint density at radius 1 is 1.39 bits per heavy atom. The van der Waals surface area contributed by atoms with E-state index >= 15 is 0 Å². The Morgan fingerprint density at radius 3 is 2.83 bits per heavy atom. The SMILES string of the molecule is Cc1ccc2c(=O)cc(C(=O)N3CC[C@@](C)(O)[C@@H](O)C3)oc2c1. The number of fused-ring (bicyclic) bond motifs is 1. The van der Waals surface area contributed by atoms with Crippen LogP contribution in [0.25, 0.3) is 11.0 Å². The molecule has 1 aliphatic heterocycles. The third-order valence-corrected chi connectivity index (χ3v) is 4.38. The monoisotopic (exact) mass is 317 g/mol. The lowest BCUT2D eigenvalue weighted by atomic mass is 9.90. The summed E-state index contributed by atoms with van der Waals surface area (Å²) in [4.78, 5) is 26.1. The summed E-state index contributed by atoms with van der Waals surface area (Å²) in [6, 6.07) is 6.37. The van der Waals surface area contributed by atoms with Crippen LogP contribution in [0.2, 0.25) is 0 Å². The van der Waals surface area contributed by atoms with Gasteiger partial charge in [-0.05, 0) is 38.0 Å². The molecule has 1 aliphatic rings. The molecule has 0 bridgehead atoms. The minimum atomic E-state index is -1.21. The number of aliphatic hydroxyl groups excluding tert-OH is 1. The molecule has 2 aromatic rings. The van der Waals surface area contributed by atoms with Gasteiger partial charge < -0.3 is 19.5 Å². The molecule has 0 saturated carbocycles. The maximum atomic E-state index is 12.5. The van der Waals surface area contributed by atoms with Crippen molar-refractivity contribution in [3.63, 3.8) is 0 Å². The maximum absolute atomic E-state index is 12.5. The topological polar surface area (TPSA) is 91.0 Å². The second kappa shape index (κ2) is 5.47. The second-order valence-electron chi connectivity index (χ2n) is 6.35. The number of carbonyl (C=O) groups is 1. The first kappa shape index (κ1) is 15.7. The number of piperidine rings is 1. The molecule has 0 unspecified atom stereocenters. The van der Waals surface area contributed by atoms with Gasteiger partial charge in [-0.25, -0.2) is 0 Å². The van der Waals surface area contributed by atoms with Crippen LogP contribution in [-0.4, -0.2) is 45.8 Å². The van der Waals surface area contributed by atoms with Crippen LogP contribution < -0.4 is 5.43 Å². The quantitative estimate of drug-likeness (QED) is 0.820. The van der Waals surface area contributed by atoms with Crippen molar-refractivity contribution in [1.29, 1.82) is 0 Å². The van der Waals surface area contributed by atoms with E-state index in [4.69, 9.17) is 4.42 Å². The van der Waals surface area contributed by atoms with Crippen molar-refractivity contribution in [2.45, 2.75) is 32.0 Å². The summed E-state index contributed by atoms with van der Waals surface area (Å²) in [5.74, 6) is -0.512. The number of amides is 1. The number of aliphatic hydroxyl groups is 2. The van der Waals surface area contributed by atoms with E-state index in [9.17, 15) is 19.8 Å². The fraction of sp³-hybridized carbons (Fsp3) is 0.412. The Bertz CT molecular complexity index is 823. The molecular weight excluding hydrogens is 298 g/mol. The van der Waals surface area contributed by atoms with Gasteiger partial charge in [0.1, 0.15) is 5.58 Å². The highest BCUT2D eigenvalue weighted by atomic mass is 16.4. The summed E-state index contributed by atoms with van der Waals surface area (Å²) in [6.45, 7) is 3.70. The van der Waals surface area contributed by atoms with E-state index in [-0.39, 0.29) is 24.2 Å².